The third kappa shape index (κ3) is 5.45. The molecule has 5 nitrogen and oxygen atoms in total. The highest BCUT2D eigenvalue weighted by Crippen LogP contribution is 2.23. The molecule has 1 N–H and O–H groups in total. The van der Waals surface area contributed by atoms with E-state index in [1.807, 2.05) is 30.3 Å². The number of hydrogen-bond donors (Lipinski definition) is 1. The van der Waals surface area contributed by atoms with Gasteiger partial charge in [-0.05, 0) is 48.9 Å². The van der Waals surface area contributed by atoms with E-state index < -0.39 is 0 Å². The second kappa shape index (κ2) is 9.55. The first-order valence-corrected chi connectivity index (χ1v) is 9.29. The first-order valence-electron chi connectivity index (χ1n) is 9.29. The van der Waals surface area contributed by atoms with Crippen molar-refractivity contribution in [3.05, 3.63) is 95.1 Å². The topological polar surface area (TPSA) is 64.6 Å². The van der Waals surface area contributed by atoms with Crippen LogP contribution in [0, 0.1) is 0 Å². The number of hydrogen-bond acceptors (Lipinski definition) is 4. The molecule has 29 heavy (non-hydrogen) atoms. The maximum absolute atomic E-state index is 12.4. The molecule has 3 aromatic rings. The number of rotatable bonds is 8. The van der Waals surface area contributed by atoms with Gasteiger partial charge in [0.15, 0.2) is 5.78 Å². The van der Waals surface area contributed by atoms with E-state index >= 15 is 0 Å². The summed E-state index contributed by atoms with van der Waals surface area (Å²) in [6, 6.07) is 22.0. The molecule has 3 rings (SSSR count). The molecule has 0 unspecified atom stereocenters. The van der Waals surface area contributed by atoms with Gasteiger partial charge in [0, 0.05) is 23.2 Å². The molecule has 0 spiro atoms. The van der Waals surface area contributed by atoms with Gasteiger partial charge in [-0.25, -0.2) is 0 Å². The van der Waals surface area contributed by atoms with Crippen LogP contribution in [0.3, 0.4) is 0 Å². The van der Waals surface area contributed by atoms with Crippen molar-refractivity contribution in [2.75, 3.05) is 7.11 Å². The Hall–Kier alpha value is -3.60. The molecule has 0 saturated carbocycles. The Labute approximate surface area is 170 Å². The summed E-state index contributed by atoms with van der Waals surface area (Å²) in [5, 5.41) is 2.90. The van der Waals surface area contributed by atoms with Gasteiger partial charge in [0.05, 0.1) is 7.11 Å². The van der Waals surface area contributed by atoms with E-state index in [1.165, 1.54) is 6.92 Å². The Morgan fingerprint density at radius 3 is 2.41 bits per heavy atom. The van der Waals surface area contributed by atoms with Gasteiger partial charge in [-0.15, -0.1) is 0 Å². The zero-order valence-corrected chi connectivity index (χ0v) is 16.5. The number of ketones is 1. The average Bonchev–Trinajstić information content (AvgIpc) is 2.76. The third-order valence-electron chi connectivity index (χ3n) is 4.47. The summed E-state index contributed by atoms with van der Waals surface area (Å²) < 4.78 is 11.2. The molecule has 0 aromatic heterocycles. The van der Waals surface area contributed by atoms with Crippen LogP contribution in [0.1, 0.15) is 38.8 Å². The van der Waals surface area contributed by atoms with Crippen molar-refractivity contribution in [3.63, 3.8) is 0 Å². The van der Waals surface area contributed by atoms with Crippen LogP contribution in [0.15, 0.2) is 72.8 Å². The van der Waals surface area contributed by atoms with Gasteiger partial charge < -0.3 is 14.8 Å². The van der Waals surface area contributed by atoms with Crippen LogP contribution >= 0.6 is 0 Å². The van der Waals surface area contributed by atoms with E-state index in [0.29, 0.717) is 29.2 Å². The predicted octanol–water partition coefficient (Wildman–Crippen LogP) is 4.41. The van der Waals surface area contributed by atoms with Crippen molar-refractivity contribution >= 4 is 11.7 Å². The summed E-state index contributed by atoms with van der Waals surface area (Å²) in [4.78, 5) is 24.1. The minimum atomic E-state index is -0.171. The Bertz CT molecular complexity index is 999. The number of carbonyl (C=O) groups excluding carboxylic acids is 2. The van der Waals surface area contributed by atoms with Crippen LogP contribution in [0.5, 0.6) is 11.5 Å². The van der Waals surface area contributed by atoms with Crippen LogP contribution in [0.25, 0.3) is 0 Å². The molecule has 0 bridgehead atoms. The predicted molar refractivity (Wildman–Crippen MR) is 111 cm³/mol. The minimum Gasteiger partial charge on any atom is -0.496 e. The standard InChI is InChI=1S/C24H23NO4/c1-17(26)19-11-12-23(28-2)21(13-19)16-29-22-10-6-9-20(14-22)24(27)25-15-18-7-4-3-5-8-18/h3-14H,15-16H2,1-2H3,(H,25,27). The monoisotopic (exact) mass is 389 g/mol. The van der Waals surface area contributed by atoms with Gasteiger partial charge in [-0.1, -0.05) is 36.4 Å². The van der Waals surface area contributed by atoms with Gasteiger partial charge >= 0.3 is 0 Å². The van der Waals surface area contributed by atoms with E-state index in [9.17, 15) is 9.59 Å². The molecule has 5 heteroatoms. The van der Waals surface area contributed by atoms with Gasteiger partial charge in [0.25, 0.3) is 5.91 Å². The fourth-order valence-electron chi connectivity index (χ4n) is 2.88. The SMILES string of the molecule is COc1ccc(C(C)=O)cc1COc1cccc(C(=O)NCc2ccccc2)c1. The first kappa shape index (κ1) is 20.1. The normalized spacial score (nSPS) is 10.3. The Morgan fingerprint density at radius 1 is 0.897 bits per heavy atom. The number of amides is 1. The Morgan fingerprint density at radius 2 is 1.69 bits per heavy atom. The van der Waals surface area contributed by atoms with Crippen molar-refractivity contribution in [3.8, 4) is 11.5 Å². The lowest BCUT2D eigenvalue weighted by Crippen LogP contribution is -2.22. The molecule has 0 radical (unpaired) electrons. The second-order valence-electron chi connectivity index (χ2n) is 6.57. The summed E-state index contributed by atoms with van der Waals surface area (Å²) >= 11 is 0. The second-order valence-corrected chi connectivity index (χ2v) is 6.57. The molecule has 0 aliphatic rings. The van der Waals surface area contributed by atoms with E-state index in [-0.39, 0.29) is 18.3 Å². The van der Waals surface area contributed by atoms with E-state index in [0.717, 1.165) is 11.1 Å². The molecule has 0 heterocycles. The maximum Gasteiger partial charge on any atom is 0.251 e. The fraction of sp³-hybridized carbons (Fsp3) is 0.167. The van der Waals surface area contributed by atoms with E-state index in [1.54, 1.807) is 49.6 Å². The molecule has 148 valence electrons. The van der Waals surface area contributed by atoms with Crippen LogP contribution in [-0.2, 0) is 13.2 Å². The molecular formula is C24H23NO4. The van der Waals surface area contributed by atoms with Crippen molar-refractivity contribution in [2.24, 2.45) is 0 Å². The zero-order chi connectivity index (χ0) is 20.6. The van der Waals surface area contributed by atoms with Crippen LogP contribution in [-0.4, -0.2) is 18.8 Å². The lowest BCUT2D eigenvalue weighted by Gasteiger charge is -2.12. The summed E-state index contributed by atoms with van der Waals surface area (Å²) in [6.45, 7) is 2.20. The van der Waals surface area contributed by atoms with Gasteiger partial charge in [-0.3, -0.25) is 9.59 Å². The van der Waals surface area contributed by atoms with Crippen molar-refractivity contribution in [1.29, 1.82) is 0 Å². The van der Waals surface area contributed by atoms with Gasteiger partial charge in [0.2, 0.25) is 0 Å². The molecule has 0 fully saturated rings. The smallest absolute Gasteiger partial charge is 0.251 e. The summed E-state index contributed by atoms with van der Waals surface area (Å²) in [6.07, 6.45) is 0. The number of carbonyl (C=O) groups is 2. The summed E-state index contributed by atoms with van der Waals surface area (Å²) in [7, 11) is 1.57. The zero-order valence-electron chi connectivity index (χ0n) is 16.5. The van der Waals surface area contributed by atoms with Crippen LogP contribution in [0.4, 0.5) is 0 Å². The highest BCUT2D eigenvalue weighted by molar-refractivity contribution is 5.95. The minimum absolute atomic E-state index is 0.0222. The summed E-state index contributed by atoms with van der Waals surface area (Å²) in [5.74, 6) is 1.01. The highest BCUT2D eigenvalue weighted by Gasteiger charge is 2.10. The molecule has 0 saturated heterocycles. The molecule has 0 aliphatic heterocycles. The number of ether oxygens (including phenoxy) is 2. The van der Waals surface area contributed by atoms with Crippen molar-refractivity contribution in [2.45, 2.75) is 20.1 Å². The van der Waals surface area contributed by atoms with Crippen LogP contribution < -0.4 is 14.8 Å². The molecule has 3 aromatic carbocycles. The number of benzene rings is 3. The quantitative estimate of drug-likeness (QED) is 0.580. The molecular weight excluding hydrogens is 366 g/mol. The van der Waals surface area contributed by atoms with Crippen LogP contribution in [0.2, 0.25) is 0 Å². The summed E-state index contributed by atoms with van der Waals surface area (Å²) in [5.41, 5.74) is 2.91. The average molecular weight is 389 g/mol. The first-order chi connectivity index (χ1) is 14.1. The third-order valence-corrected chi connectivity index (χ3v) is 4.47. The fourth-order valence-corrected chi connectivity index (χ4v) is 2.88. The number of methoxy groups -OCH3 is 1. The number of nitrogens with one attached hydrogen (secondary N) is 1. The lowest BCUT2D eigenvalue weighted by atomic mass is 10.1. The maximum atomic E-state index is 12.4. The Balaban J connectivity index is 1.66. The molecule has 0 aliphatic carbocycles. The lowest BCUT2D eigenvalue weighted by molar-refractivity contribution is 0.0949. The van der Waals surface area contributed by atoms with E-state index in [2.05, 4.69) is 5.32 Å². The Kier molecular flexibility index (Phi) is 6.63. The van der Waals surface area contributed by atoms with Gasteiger partial charge in [-0.2, -0.15) is 0 Å². The van der Waals surface area contributed by atoms with E-state index in [4.69, 9.17) is 9.47 Å². The van der Waals surface area contributed by atoms with Crippen molar-refractivity contribution < 1.29 is 19.1 Å². The largest absolute Gasteiger partial charge is 0.496 e. The molecule has 1 amide bonds. The number of Topliss-reactive ketones (excluding diaryl/α,β-unsaturated/α-hetero) is 1. The van der Waals surface area contributed by atoms with Gasteiger partial charge in [0.1, 0.15) is 18.1 Å². The molecule has 0 atom stereocenters. The van der Waals surface area contributed by atoms with Crippen molar-refractivity contribution in [1.82, 2.24) is 5.32 Å². The highest BCUT2D eigenvalue weighted by atomic mass is 16.5.